The lowest BCUT2D eigenvalue weighted by atomic mass is 10.0. The molecule has 0 radical (unpaired) electrons. The third-order valence-electron chi connectivity index (χ3n) is 3.51. The van der Waals surface area contributed by atoms with E-state index in [1.165, 1.54) is 70.6 Å². The van der Waals surface area contributed by atoms with E-state index in [-0.39, 0.29) is 0 Å². The Bertz CT molecular complexity index is 235. The molecule has 0 spiro atoms. The molecule has 0 unspecified atom stereocenters. The summed E-state index contributed by atoms with van der Waals surface area (Å²) in [7, 11) is 0. The molecule has 0 aromatic rings. The highest BCUT2D eigenvalue weighted by atomic mass is 17.7. The Morgan fingerprint density at radius 1 is 0.727 bits per heavy atom. The summed E-state index contributed by atoms with van der Waals surface area (Å²) in [6.07, 6.45) is 15.1. The number of rotatable bonds is 17. The Hall–Kier alpha value is -0.850. The van der Waals surface area contributed by atoms with Crippen LogP contribution in [0.5, 0.6) is 0 Å². The summed E-state index contributed by atoms with van der Waals surface area (Å²) in [5, 5.41) is 15.9. The predicted octanol–water partition coefficient (Wildman–Crippen LogP) is 5.57. The first-order chi connectivity index (χ1) is 10.8. The van der Waals surface area contributed by atoms with Crippen LogP contribution in [0.3, 0.4) is 0 Å². The molecule has 132 valence electrons. The zero-order chi connectivity index (χ0) is 16.3. The highest BCUT2D eigenvalue weighted by molar-refractivity contribution is 5.55. The van der Waals surface area contributed by atoms with Crippen molar-refractivity contribution in [2.45, 2.75) is 90.4 Å². The maximum absolute atomic E-state index is 9.88. The Balaban J connectivity index is 2.95. The molecule has 0 aliphatic rings. The molecule has 6 nitrogen and oxygen atoms in total. The van der Waals surface area contributed by atoms with Crippen molar-refractivity contribution >= 4 is 6.16 Å². The zero-order valence-electron chi connectivity index (χ0n) is 13.9. The largest absolute Gasteiger partial charge is 0.540 e. The van der Waals surface area contributed by atoms with Crippen LogP contribution in [-0.4, -0.2) is 17.9 Å². The molecule has 0 atom stereocenters. The Labute approximate surface area is 133 Å². The topological polar surface area (TPSA) is 74.2 Å². The van der Waals surface area contributed by atoms with E-state index in [0.29, 0.717) is 6.61 Å². The fourth-order valence-electron chi connectivity index (χ4n) is 2.28. The molecular weight excluding hydrogens is 288 g/mol. The second-order valence-electron chi connectivity index (χ2n) is 5.55. The van der Waals surface area contributed by atoms with E-state index in [1.54, 1.807) is 0 Å². The van der Waals surface area contributed by atoms with Gasteiger partial charge in [0.25, 0.3) is 0 Å². The molecule has 0 aromatic carbocycles. The van der Waals surface area contributed by atoms with Gasteiger partial charge in [0.1, 0.15) is 0 Å². The van der Waals surface area contributed by atoms with E-state index >= 15 is 0 Å². The molecule has 1 N–H and O–H groups in total. The highest BCUT2D eigenvalue weighted by Crippen LogP contribution is 2.12. The number of hydrogen-bond acceptors (Lipinski definition) is 5. The van der Waals surface area contributed by atoms with Gasteiger partial charge in [0, 0.05) is 5.04 Å². The molecule has 0 aromatic heterocycles. The van der Waals surface area contributed by atoms with Crippen molar-refractivity contribution in [3.8, 4) is 0 Å². The summed E-state index contributed by atoms with van der Waals surface area (Å²) >= 11 is 0. The van der Waals surface area contributed by atoms with Gasteiger partial charge in [-0.25, -0.2) is 14.6 Å². The van der Waals surface area contributed by atoms with Gasteiger partial charge in [0.2, 0.25) is 0 Å². The Morgan fingerprint density at radius 3 is 1.64 bits per heavy atom. The van der Waals surface area contributed by atoms with E-state index in [4.69, 9.17) is 5.11 Å². The van der Waals surface area contributed by atoms with Crippen molar-refractivity contribution in [2.75, 3.05) is 6.61 Å². The molecule has 0 rings (SSSR count). The minimum absolute atomic E-state index is 0.362. The van der Waals surface area contributed by atoms with Crippen molar-refractivity contribution in [3.63, 3.8) is 0 Å². The van der Waals surface area contributed by atoms with Crippen molar-refractivity contribution in [1.82, 2.24) is 0 Å². The van der Waals surface area contributed by atoms with Gasteiger partial charge in [0.05, 0.1) is 6.61 Å². The summed E-state index contributed by atoms with van der Waals surface area (Å²) in [5.41, 5.74) is 0. The van der Waals surface area contributed by atoms with Crippen LogP contribution in [0.15, 0.2) is 0 Å². The van der Waals surface area contributed by atoms with Gasteiger partial charge < -0.3 is 5.11 Å². The Kier molecular flexibility index (Phi) is 17.5. The van der Waals surface area contributed by atoms with Crippen LogP contribution in [0, 0.1) is 0 Å². The van der Waals surface area contributed by atoms with Gasteiger partial charge in [-0.2, -0.15) is 0 Å². The van der Waals surface area contributed by atoms with Crippen LogP contribution >= 0.6 is 0 Å². The zero-order valence-corrected chi connectivity index (χ0v) is 13.9. The van der Waals surface area contributed by atoms with Crippen LogP contribution in [0.25, 0.3) is 0 Å². The monoisotopic (exact) mass is 320 g/mol. The molecule has 22 heavy (non-hydrogen) atoms. The van der Waals surface area contributed by atoms with Gasteiger partial charge in [-0.15, -0.1) is 0 Å². The number of hydrogen-bond donors (Lipinski definition) is 1. The third-order valence-corrected chi connectivity index (χ3v) is 3.51. The van der Waals surface area contributed by atoms with E-state index in [9.17, 15) is 4.79 Å². The number of carbonyl (C=O) groups is 1. The summed E-state index contributed by atoms with van der Waals surface area (Å²) in [5.74, 6) is 0. The molecule has 0 aliphatic carbocycles. The van der Waals surface area contributed by atoms with Crippen molar-refractivity contribution in [3.05, 3.63) is 0 Å². The van der Waals surface area contributed by atoms with Gasteiger partial charge in [0.15, 0.2) is 0 Å². The maximum Gasteiger partial charge on any atom is 0.540 e. The van der Waals surface area contributed by atoms with Gasteiger partial charge in [-0.3, -0.25) is 0 Å². The van der Waals surface area contributed by atoms with Crippen molar-refractivity contribution in [1.29, 1.82) is 0 Å². The lowest BCUT2D eigenvalue weighted by Gasteiger charge is -2.03. The highest BCUT2D eigenvalue weighted by Gasteiger charge is 1.98. The fourth-order valence-corrected chi connectivity index (χ4v) is 2.28. The van der Waals surface area contributed by atoms with Crippen molar-refractivity contribution in [2.24, 2.45) is 0 Å². The number of unbranched alkanes of at least 4 members (excludes halogenated alkanes) is 12. The summed E-state index contributed by atoms with van der Waals surface area (Å²) in [6.45, 7) is 2.61. The molecule has 0 saturated heterocycles. The summed E-state index contributed by atoms with van der Waals surface area (Å²) < 4.78 is 0. The molecule has 0 amide bonds. The second kappa shape index (κ2) is 18.2. The van der Waals surface area contributed by atoms with Crippen LogP contribution in [0.4, 0.5) is 4.79 Å². The van der Waals surface area contributed by atoms with Crippen LogP contribution in [0.2, 0.25) is 0 Å². The predicted molar refractivity (Wildman–Crippen MR) is 82.9 cm³/mol. The van der Waals surface area contributed by atoms with E-state index in [2.05, 4.69) is 26.8 Å². The molecule has 0 saturated carbocycles. The molecule has 0 heterocycles. The van der Waals surface area contributed by atoms with E-state index in [0.717, 1.165) is 12.8 Å². The van der Waals surface area contributed by atoms with Gasteiger partial charge in [-0.05, 0) is 11.5 Å². The minimum Gasteiger partial charge on any atom is -0.448 e. The maximum atomic E-state index is 9.88. The molecular formula is C16H32O6. The molecule has 6 heteroatoms. The average Bonchev–Trinajstić information content (AvgIpc) is 2.50. The van der Waals surface area contributed by atoms with Crippen LogP contribution in [0.1, 0.15) is 90.4 Å². The summed E-state index contributed by atoms with van der Waals surface area (Å²) in [4.78, 5) is 18.1. The SMILES string of the molecule is CCCCCCCCCCCCCCCOOOOC(=O)O. The standard InChI is InChI=1S/C16H32O6/c1-2-3-4-5-6-7-8-9-10-11-12-13-14-15-19-21-22-20-16(17)18/h2-15H2,1H3,(H,17,18). The first-order valence-electron chi connectivity index (χ1n) is 8.63. The molecule has 0 bridgehead atoms. The smallest absolute Gasteiger partial charge is 0.448 e. The average molecular weight is 320 g/mol. The van der Waals surface area contributed by atoms with Crippen LogP contribution in [-0.2, 0) is 19.9 Å². The molecule has 0 fully saturated rings. The van der Waals surface area contributed by atoms with Crippen LogP contribution < -0.4 is 0 Å². The van der Waals surface area contributed by atoms with Gasteiger partial charge in [-0.1, -0.05) is 84.0 Å². The number of carboxylic acid groups (broad SMARTS) is 1. The lowest BCUT2D eigenvalue weighted by molar-refractivity contribution is -0.618. The van der Waals surface area contributed by atoms with Gasteiger partial charge >= 0.3 is 6.16 Å². The Morgan fingerprint density at radius 2 is 1.18 bits per heavy atom. The van der Waals surface area contributed by atoms with E-state index in [1.807, 2.05) is 0 Å². The first-order valence-corrected chi connectivity index (χ1v) is 8.63. The quantitative estimate of drug-likeness (QED) is 0.215. The second-order valence-corrected chi connectivity index (χ2v) is 5.55. The molecule has 0 aliphatic heterocycles. The first kappa shape index (κ1) is 21.1. The third kappa shape index (κ3) is 19.1. The van der Waals surface area contributed by atoms with E-state index < -0.39 is 6.16 Å². The fraction of sp³-hybridized carbons (Fsp3) is 0.938. The normalized spacial score (nSPS) is 10.8. The minimum atomic E-state index is -1.58. The summed E-state index contributed by atoms with van der Waals surface area (Å²) in [6, 6.07) is 0. The van der Waals surface area contributed by atoms with Crippen molar-refractivity contribution < 1.29 is 29.8 Å². The lowest BCUT2D eigenvalue weighted by Crippen LogP contribution is -2.04.